The zero-order valence-corrected chi connectivity index (χ0v) is 16.6. The number of amides is 1. The molecule has 0 unspecified atom stereocenters. The molecule has 26 heavy (non-hydrogen) atoms. The molecule has 1 aliphatic rings. The predicted molar refractivity (Wildman–Crippen MR) is 106 cm³/mol. The van der Waals surface area contributed by atoms with Gasteiger partial charge in [-0.2, -0.15) is 0 Å². The Morgan fingerprint density at radius 3 is 2.73 bits per heavy atom. The number of methoxy groups -OCH3 is 1. The number of carbonyl (C=O) groups is 1. The lowest BCUT2D eigenvalue weighted by Gasteiger charge is -2.34. The lowest BCUT2D eigenvalue weighted by Crippen LogP contribution is -2.46. The summed E-state index contributed by atoms with van der Waals surface area (Å²) in [7, 11) is 3.33. The molecule has 1 aromatic carbocycles. The summed E-state index contributed by atoms with van der Waals surface area (Å²) < 4.78 is 5.40. The maximum absolute atomic E-state index is 11.6. The molecular formula is C19H29ClN4O2. The number of nitrogens with one attached hydrogen (secondary N) is 2. The van der Waals surface area contributed by atoms with Crippen molar-refractivity contribution in [2.75, 3.05) is 33.8 Å². The van der Waals surface area contributed by atoms with E-state index in [1.807, 2.05) is 18.2 Å². The van der Waals surface area contributed by atoms with Gasteiger partial charge in [0, 0.05) is 43.7 Å². The van der Waals surface area contributed by atoms with Crippen molar-refractivity contribution in [2.45, 2.75) is 32.7 Å². The summed E-state index contributed by atoms with van der Waals surface area (Å²) in [4.78, 5) is 18.6. The summed E-state index contributed by atoms with van der Waals surface area (Å²) in [5.74, 6) is 2.23. The number of carbonyl (C=O) groups excluding carboxylic acids is 1. The lowest BCUT2D eigenvalue weighted by atomic mass is 9.93. The van der Waals surface area contributed by atoms with E-state index in [-0.39, 0.29) is 5.91 Å². The number of aliphatic imine (C=N–C) groups is 1. The Balaban J connectivity index is 2.00. The number of benzene rings is 1. The summed E-state index contributed by atoms with van der Waals surface area (Å²) in [6.07, 6.45) is 2.62. The number of likely N-dealkylation sites (tertiary alicyclic amines) is 1. The van der Waals surface area contributed by atoms with Crippen molar-refractivity contribution >= 4 is 23.5 Å². The number of rotatable bonds is 6. The molecule has 0 atom stereocenters. The molecule has 0 aromatic heterocycles. The van der Waals surface area contributed by atoms with Crippen LogP contribution in [-0.4, -0.2) is 50.6 Å². The van der Waals surface area contributed by atoms with Gasteiger partial charge in [0.05, 0.1) is 13.7 Å². The van der Waals surface area contributed by atoms with E-state index in [9.17, 15) is 4.79 Å². The van der Waals surface area contributed by atoms with Crippen LogP contribution in [0.4, 0.5) is 0 Å². The highest BCUT2D eigenvalue weighted by molar-refractivity contribution is 6.30. The molecule has 1 heterocycles. The van der Waals surface area contributed by atoms with Crippen LogP contribution in [0, 0.1) is 5.92 Å². The van der Waals surface area contributed by atoms with Gasteiger partial charge in [-0.15, -0.1) is 0 Å². The highest BCUT2D eigenvalue weighted by Gasteiger charge is 2.23. The van der Waals surface area contributed by atoms with Crippen LogP contribution in [0.3, 0.4) is 0 Å². The Labute approximate surface area is 161 Å². The SMILES string of the molecule is CCNC(=NCc1ccc(Cl)cc1OC)N1CCC(CC(=O)NC)CC1. The Morgan fingerprint density at radius 2 is 2.12 bits per heavy atom. The molecule has 6 nitrogen and oxygen atoms in total. The highest BCUT2D eigenvalue weighted by Crippen LogP contribution is 2.24. The minimum absolute atomic E-state index is 0.124. The number of hydrogen-bond donors (Lipinski definition) is 2. The van der Waals surface area contributed by atoms with Crippen molar-refractivity contribution in [3.8, 4) is 5.75 Å². The second-order valence-electron chi connectivity index (χ2n) is 6.43. The molecule has 0 spiro atoms. The molecule has 1 saturated heterocycles. The average molecular weight is 381 g/mol. The molecule has 1 aliphatic heterocycles. The number of guanidine groups is 1. The number of nitrogens with zero attached hydrogens (tertiary/aromatic N) is 2. The van der Waals surface area contributed by atoms with Crippen LogP contribution in [0.15, 0.2) is 23.2 Å². The van der Waals surface area contributed by atoms with Crippen molar-refractivity contribution < 1.29 is 9.53 Å². The molecule has 0 radical (unpaired) electrons. The van der Waals surface area contributed by atoms with Crippen molar-refractivity contribution in [2.24, 2.45) is 10.9 Å². The highest BCUT2D eigenvalue weighted by atomic mass is 35.5. The molecule has 2 rings (SSSR count). The van der Waals surface area contributed by atoms with Gasteiger partial charge in [-0.3, -0.25) is 4.79 Å². The number of piperidine rings is 1. The van der Waals surface area contributed by atoms with Gasteiger partial charge in [-0.05, 0) is 37.8 Å². The minimum Gasteiger partial charge on any atom is -0.496 e. The van der Waals surface area contributed by atoms with Gasteiger partial charge in [0.15, 0.2) is 5.96 Å². The fourth-order valence-electron chi connectivity index (χ4n) is 3.15. The summed E-state index contributed by atoms with van der Waals surface area (Å²) in [5.41, 5.74) is 1.00. The second-order valence-corrected chi connectivity index (χ2v) is 6.87. The van der Waals surface area contributed by atoms with Crippen LogP contribution in [0.1, 0.15) is 31.7 Å². The van der Waals surface area contributed by atoms with Crippen molar-refractivity contribution in [3.63, 3.8) is 0 Å². The zero-order chi connectivity index (χ0) is 18.9. The zero-order valence-electron chi connectivity index (χ0n) is 15.8. The van der Waals surface area contributed by atoms with E-state index in [4.69, 9.17) is 21.3 Å². The van der Waals surface area contributed by atoms with E-state index in [0.29, 0.717) is 23.9 Å². The summed E-state index contributed by atoms with van der Waals surface area (Å²) in [5, 5.41) is 6.73. The van der Waals surface area contributed by atoms with Crippen LogP contribution in [0.25, 0.3) is 0 Å². The molecular weight excluding hydrogens is 352 g/mol. The Kier molecular flexibility index (Phi) is 8.04. The molecule has 1 fully saturated rings. The first-order valence-corrected chi connectivity index (χ1v) is 9.51. The molecule has 0 aliphatic carbocycles. The van der Waals surface area contributed by atoms with Gasteiger partial charge < -0.3 is 20.3 Å². The first-order chi connectivity index (χ1) is 12.6. The van der Waals surface area contributed by atoms with Crippen LogP contribution < -0.4 is 15.4 Å². The van der Waals surface area contributed by atoms with Gasteiger partial charge in [0.25, 0.3) is 0 Å². The lowest BCUT2D eigenvalue weighted by molar-refractivity contribution is -0.121. The van der Waals surface area contributed by atoms with Crippen molar-refractivity contribution in [1.82, 2.24) is 15.5 Å². The van der Waals surface area contributed by atoms with Crippen LogP contribution in [-0.2, 0) is 11.3 Å². The van der Waals surface area contributed by atoms with E-state index < -0.39 is 0 Å². The monoisotopic (exact) mass is 380 g/mol. The molecule has 144 valence electrons. The first kappa shape index (κ1) is 20.4. The quantitative estimate of drug-likeness (QED) is 0.588. The third-order valence-corrected chi connectivity index (χ3v) is 4.89. The second kappa shape index (κ2) is 10.3. The largest absolute Gasteiger partial charge is 0.496 e. The van der Waals surface area contributed by atoms with Gasteiger partial charge in [-0.1, -0.05) is 17.7 Å². The summed E-state index contributed by atoms with van der Waals surface area (Å²) in [6.45, 7) is 5.23. The Bertz CT molecular complexity index is 628. The number of hydrogen-bond acceptors (Lipinski definition) is 3. The maximum atomic E-state index is 11.6. The minimum atomic E-state index is 0.124. The van der Waals surface area contributed by atoms with Crippen LogP contribution >= 0.6 is 11.6 Å². The van der Waals surface area contributed by atoms with E-state index in [2.05, 4.69) is 22.5 Å². The van der Waals surface area contributed by atoms with Gasteiger partial charge in [-0.25, -0.2) is 4.99 Å². The third-order valence-electron chi connectivity index (χ3n) is 4.65. The van der Waals surface area contributed by atoms with E-state index >= 15 is 0 Å². The standard InChI is InChI=1S/C19H29ClN4O2/c1-4-22-19(23-13-15-5-6-16(20)12-17(15)26-3)24-9-7-14(8-10-24)11-18(25)21-2/h5-6,12,14H,4,7-11,13H2,1-3H3,(H,21,25)(H,22,23). The predicted octanol–water partition coefficient (Wildman–Crippen LogP) is 2.66. The smallest absolute Gasteiger partial charge is 0.220 e. The van der Waals surface area contributed by atoms with Gasteiger partial charge >= 0.3 is 0 Å². The Hall–Kier alpha value is -1.95. The van der Waals surface area contributed by atoms with E-state index in [1.54, 1.807) is 14.2 Å². The van der Waals surface area contributed by atoms with E-state index in [1.165, 1.54) is 0 Å². The fourth-order valence-corrected chi connectivity index (χ4v) is 3.31. The summed E-state index contributed by atoms with van der Waals surface area (Å²) >= 11 is 6.03. The molecule has 2 N–H and O–H groups in total. The van der Waals surface area contributed by atoms with Crippen LogP contribution in [0.5, 0.6) is 5.75 Å². The molecule has 1 amide bonds. The van der Waals surface area contributed by atoms with Gasteiger partial charge in [0.1, 0.15) is 5.75 Å². The maximum Gasteiger partial charge on any atom is 0.220 e. The molecule has 0 bridgehead atoms. The first-order valence-electron chi connectivity index (χ1n) is 9.13. The fraction of sp³-hybridized carbons (Fsp3) is 0.579. The topological polar surface area (TPSA) is 66.0 Å². The molecule has 7 heteroatoms. The average Bonchev–Trinajstić information content (AvgIpc) is 2.66. The third kappa shape index (κ3) is 5.80. The number of halogens is 1. The molecule has 1 aromatic rings. The Morgan fingerprint density at radius 1 is 1.38 bits per heavy atom. The van der Waals surface area contributed by atoms with Crippen LogP contribution in [0.2, 0.25) is 5.02 Å². The molecule has 0 saturated carbocycles. The van der Waals surface area contributed by atoms with E-state index in [0.717, 1.165) is 49.7 Å². The number of ether oxygens (including phenoxy) is 1. The van der Waals surface area contributed by atoms with Gasteiger partial charge in [0.2, 0.25) is 5.91 Å². The van der Waals surface area contributed by atoms with Crippen molar-refractivity contribution in [1.29, 1.82) is 0 Å². The summed E-state index contributed by atoms with van der Waals surface area (Å²) in [6, 6.07) is 5.61. The normalized spacial score (nSPS) is 15.7. The van der Waals surface area contributed by atoms with Crippen molar-refractivity contribution in [3.05, 3.63) is 28.8 Å².